The van der Waals surface area contributed by atoms with Crippen LogP contribution in [0, 0.1) is 0 Å². The zero-order valence-corrected chi connectivity index (χ0v) is 23.6. The van der Waals surface area contributed by atoms with Crippen LogP contribution in [0.15, 0.2) is 48.8 Å². The molecule has 3 fully saturated rings. The summed E-state index contributed by atoms with van der Waals surface area (Å²) >= 11 is 0. The Balaban J connectivity index is 1.21. The Kier molecular flexibility index (Phi) is 7.08. The summed E-state index contributed by atoms with van der Waals surface area (Å²) in [6.45, 7) is 3.06. The second kappa shape index (κ2) is 10.3. The number of nitrogens with zero attached hydrogens (tertiary/aromatic N) is 3. The zero-order chi connectivity index (χ0) is 29.0. The van der Waals surface area contributed by atoms with Crippen LogP contribution in [0.3, 0.4) is 0 Å². The van der Waals surface area contributed by atoms with Crippen molar-refractivity contribution >= 4 is 25.1 Å². The Bertz CT molecular complexity index is 1480. The quantitative estimate of drug-likeness (QED) is 0.213. The average molecular weight is 588 g/mol. The Morgan fingerprint density at radius 2 is 1.95 bits per heavy atom. The van der Waals surface area contributed by atoms with Gasteiger partial charge >= 0.3 is 13.7 Å². The average Bonchev–Trinajstić information content (AvgIpc) is 3.23. The summed E-state index contributed by atoms with van der Waals surface area (Å²) in [5.41, 5.74) is 3.50. The van der Waals surface area contributed by atoms with E-state index in [2.05, 4.69) is 15.2 Å². The number of fused-ring (bicyclic) bond motifs is 2. The third-order valence-corrected chi connectivity index (χ3v) is 9.92. The van der Waals surface area contributed by atoms with Crippen molar-refractivity contribution in [3.63, 3.8) is 0 Å². The number of nitrogens with two attached hydrogens (primary N) is 1. The van der Waals surface area contributed by atoms with Gasteiger partial charge in [0.2, 0.25) is 0 Å². The first-order valence-electron chi connectivity index (χ1n) is 13.7. The molecule has 1 saturated heterocycles. The number of aliphatic hydroxyl groups is 2. The maximum absolute atomic E-state index is 14.1. The summed E-state index contributed by atoms with van der Waals surface area (Å²) in [4.78, 5) is 16.8. The highest BCUT2D eigenvalue weighted by atomic mass is 31.2. The van der Waals surface area contributed by atoms with E-state index in [0.29, 0.717) is 11.2 Å². The third-order valence-electron chi connectivity index (χ3n) is 8.28. The van der Waals surface area contributed by atoms with Crippen molar-refractivity contribution < 1.29 is 38.1 Å². The highest BCUT2D eigenvalue weighted by molar-refractivity contribution is 7.52. The monoisotopic (exact) mass is 587 g/mol. The minimum atomic E-state index is -4.33. The number of esters is 1. The van der Waals surface area contributed by atoms with Crippen LogP contribution in [0.2, 0.25) is 0 Å². The summed E-state index contributed by atoms with van der Waals surface area (Å²) in [7, 11) is -4.33. The minimum absolute atomic E-state index is 0.190. The second-order valence-electron chi connectivity index (χ2n) is 11.1. The van der Waals surface area contributed by atoms with Gasteiger partial charge in [0.05, 0.1) is 5.69 Å². The van der Waals surface area contributed by atoms with E-state index in [1.807, 2.05) is 0 Å². The largest absolute Gasteiger partial charge is 0.461 e. The lowest BCUT2D eigenvalue weighted by Gasteiger charge is -2.28. The SMILES string of the molecule is C[C@H](NP(=O)(Oc1ccccc1)OC1[C@@]2(C)O[C@@H](c3ccc4c(N)ncnn34)[C@H](O)[C@@]12O)C(=O)OC1CCCCC1. The van der Waals surface area contributed by atoms with Crippen LogP contribution in [-0.4, -0.2) is 66.3 Å². The molecule has 13 nitrogen and oxygen atoms in total. The molecule has 3 aliphatic rings. The number of nitrogens with one attached hydrogen (secondary N) is 1. The lowest BCUT2D eigenvalue weighted by atomic mass is 9.98. The first kappa shape index (κ1) is 28.1. The summed E-state index contributed by atoms with van der Waals surface area (Å²) in [6.07, 6.45) is 2.01. The van der Waals surface area contributed by atoms with Crippen molar-refractivity contribution in [2.75, 3.05) is 5.73 Å². The molecule has 2 aromatic heterocycles. The maximum atomic E-state index is 14.1. The molecule has 3 heterocycles. The number of hydrogen-bond donors (Lipinski definition) is 4. The van der Waals surface area contributed by atoms with E-state index in [1.165, 1.54) is 17.8 Å². The zero-order valence-electron chi connectivity index (χ0n) is 22.8. The van der Waals surface area contributed by atoms with Crippen LogP contribution in [0.25, 0.3) is 5.52 Å². The molecule has 0 spiro atoms. The van der Waals surface area contributed by atoms with Crippen LogP contribution < -0.4 is 15.3 Å². The van der Waals surface area contributed by atoms with Gasteiger partial charge in [-0.25, -0.2) is 14.1 Å². The first-order valence-corrected chi connectivity index (χ1v) is 15.3. The Hall–Kier alpha value is -3.06. The lowest BCUT2D eigenvalue weighted by Crippen LogP contribution is -2.39. The van der Waals surface area contributed by atoms with Gasteiger partial charge in [0.1, 0.15) is 53.7 Å². The van der Waals surface area contributed by atoms with Crippen molar-refractivity contribution in [1.29, 1.82) is 0 Å². The molecule has 0 bridgehead atoms. The third kappa shape index (κ3) is 4.80. The van der Waals surface area contributed by atoms with Crippen molar-refractivity contribution in [1.82, 2.24) is 19.7 Å². The van der Waals surface area contributed by atoms with E-state index in [1.54, 1.807) is 49.4 Å². The molecule has 2 saturated carbocycles. The molecule has 3 aromatic rings. The van der Waals surface area contributed by atoms with Gasteiger partial charge in [-0.15, -0.1) is 0 Å². The molecule has 7 atom stereocenters. The highest BCUT2D eigenvalue weighted by Crippen LogP contribution is 2.68. The van der Waals surface area contributed by atoms with Crippen molar-refractivity contribution in [3.8, 4) is 5.75 Å². The topological polar surface area (TPSA) is 180 Å². The number of hydrogen-bond acceptors (Lipinski definition) is 11. The van der Waals surface area contributed by atoms with Crippen LogP contribution in [0.1, 0.15) is 57.7 Å². The molecule has 1 aliphatic heterocycles. The summed E-state index contributed by atoms with van der Waals surface area (Å²) in [5.74, 6) is -0.123. The van der Waals surface area contributed by atoms with Crippen LogP contribution >= 0.6 is 7.75 Å². The second-order valence-corrected chi connectivity index (χ2v) is 12.7. The number of aromatic nitrogens is 3. The van der Waals surface area contributed by atoms with E-state index in [4.69, 9.17) is 24.3 Å². The van der Waals surface area contributed by atoms with Gasteiger partial charge in [0, 0.05) is 0 Å². The minimum Gasteiger partial charge on any atom is -0.461 e. The summed E-state index contributed by atoms with van der Waals surface area (Å²) in [5, 5.41) is 29.7. The van der Waals surface area contributed by atoms with E-state index in [0.717, 1.165) is 32.1 Å². The smallest absolute Gasteiger partial charge is 0.459 e. The molecule has 0 radical (unpaired) electrons. The lowest BCUT2D eigenvalue weighted by molar-refractivity contribution is -0.152. The number of anilines is 1. The number of aliphatic hydroxyl groups excluding tert-OH is 1. The van der Waals surface area contributed by atoms with Gasteiger partial charge in [-0.05, 0) is 63.8 Å². The number of rotatable bonds is 9. The standard InChI is InChI=1S/C27H34N5O8P/c1-16(24(34)37-17-9-5-3-6-10-17)31-41(36,39-18-11-7-4-8-12-18)40-25-26(2)27(25,35)22(33)21(38-26)19-13-14-20-23(28)29-15-30-32(19)20/h4,7-8,11-17,21-22,25,33,35H,3,5-6,9-10H2,1-2H3,(H,31,36)(H2,28,29,30)/t16-,21-,22-,25?,26+,27+,41?/m0/s1. The summed E-state index contributed by atoms with van der Waals surface area (Å²) < 4.78 is 39.1. The van der Waals surface area contributed by atoms with Gasteiger partial charge in [0.15, 0.2) is 11.4 Å². The number of benzene rings is 1. The molecular formula is C27H34N5O8P. The molecule has 2 aliphatic carbocycles. The number of ether oxygens (including phenoxy) is 2. The van der Waals surface area contributed by atoms with E-state index >= 15 is 0 Å². The molecule has 41 heavy (non-hydrogen) atoms. The molecule has 1 aromatic carbocycles. The van der Waals surface area contributed by atoms with Gasteiger partial charge < -0.3 is 29.9 Å². The van der Waals surface area contributed by atoms with E-state index in [9.17, 15) is 19.6 Å². The molecule has 2 unspecified atom stereocenters. The van der Waals surface area contributed by atoms with Gasteiger partial charge in [-0.2, -0.15) is 10.2 Å². The molecule has 220 valence electrons. The maximum Gasteiger partial charge on any atom is 0.459 e. The normalized spacial score (nSPS) is 31.8. The van der Waals surface area contributed by atoms with Gasteiger partial charge in [-0.1, -0.05) is 24.6 Å². The Morgan fingerprint density at radius 1 is 1.22 bits per heavy atom. The van der Waals surface area contributed by atoms with Crippen molar-refractivity contribution in [2.24, 2.45) is 0 Å². The molecule has 14 heteroatoms. The van der Waals surface area contributed by atoms with Crippen LogP contribution in [-0.2, 0) is 23.4 Å². The predicted octanol–water partition coefficient (Wildman–Crippen LogP) is 2.67. The van der Waals surface area contributed by atoms with E-state index < -0.39 is 49.3 Å². The molecular weight excluding hydrogens is 553 g/mol. The van der Waals surface area contributed by atoms with Crippen molar-refractivity contribution in [2.45, 2.75) is 87.6 Å². The fraction of sp³-hybridized carbons (Fsp3) is 0.519. The van der Waals surface area contributed by atoms with Gasteiger partial charge in [-0.3, -0.25) is 9.32 Å². The molecule has 5 N–H and O–H groups in total. The van der Waals surface area contributed by atoms with E-state index in [-0.39, 0.29) is 17.7 Å². The number of carbonyl (C=O) groups is 1. The first-order chi connectivity index (χ1) is 19.6. The van der Waals surface area contributed by atoms with Crippen LogP contribution in [0.5, 0.6) is 5.75 Å². The fourth-order valence-corrected chi connectivity index (χ4v) is 7.67. The molecule has 0 amide bonds. The number of carbonyl (C=O) groups excluding carboxylic acids is 1. The highest BCUT2D eigenvalue weighted by Gasteiger charge is 2.87. The Morgan fingerprint density at radius 3 is 2.63 bits per heavy atom. The predicted molar refractivity (Wildman–Crippen MR) is 146 cm³/mol. The van der Waals surface area contributed by atoms with Crippen molar-refractivity contribution in [3.05, 3.63) is 54.5 Å². The Labute approximate surface area is 236 Å². The van der Waals surface area contributed by atoms with Crippen LogP contribution in [0.4, 0.5) is 5.82 Å². The number of nitrogen functional groups attached to an aromatic ring is 1. The number of para-hydroxylation sites is 1. The fourth-order valence-electron chi connectivity index (χ4n) is 5.89. The van der Waals surface area contributed by atoms with Gasteiger partial charge in [0.25, 0.3) is 0 Å². The summed E-state index contributed by atoms with van der Waals surface area (Å²) in [6, 6.07) is 10.6. The molecule has 6 rings (SSSR count).